The second kappa shape index (κ2) is 4.78. The minimum absolute atomic E-state index is 0.101. The molecule has 1 N–H and O–H groups in total. The van der Waals surface area contributed by atoms with Gasteiger partial charge in [-0.05, 0) is 37.5 Å². The van der Waals surface area contributed by atoms with E-state index in [9.17, 15) is 0 Å². The van der Waals surface area contributed by atoms with E-state index in [1.54, 1.807) is 0 Å². The molecule has 1 aromatic heterocycles. The first-order valence-electron chi connectivity index (χ1n) is 6.89. The Morgan fingerprint density at radius 2 is 1.79 bits per heavy atom. The second-order valence-corrected chi connectivity index (χ2v) is 5.90. The monoisotopic (exact) mass is 252 g/mol. The summed E-state index contributed by atoms with van der Waals surface area (Å²) in [6.45, 7) is 4.57. The molecule has 2 heteroatoms. The van der Waals surface area contributed by atoms with Crippen LogP contribution in [0.4, 0.5) is 0 Å². The molecule has 1 fully saturated rings. The van der Waals surface area contributed by atoms with E-state index in [0.717, 1.165) is 6.42 Å². The molecular weight excluding hydrogens is 232 g/mol. The van der Waals surface area contributed by atoms with Gasteiger partial charge in [0.15, 0.2) is 0 Å². The molecule has 0 unspecified atom stereocenters. The molecule has 2 atom stereocenters. The molecule has 0 amide bonds. The minimum atomic E-state index is 0.101. The topological polar surface area (TPSA) is 24.9 Å². The fraction of sp³-hybridized carbons (Fsp3) is 0.353. The van der Waals surface area contributed by atoms with Crippen molar-refractivity contribution in [2.75, 3.05) is 0 Å². The van der Waals surface area contributed by atoms with E-state index in [1.807, 2.05) is 18.5 Å². The summed E-state index contributed by atoms with van der Waals surface area (Å²) < 4.78 is 0. The summed E-state index contributed by atoms with van der Waals surface area (Å²) in [6.07, 6.45) is 4.97. The average molecular weight is 252 g/mol. The summed E-state index contributed by atoms with van der Waals surface area (Å²) in [5, 5.41) is 3.77. The number of hydrogen-bond donors (Lipinski definition) is 1. The molecule has 98 valence electrons. The number of hydrogen-bond acceptors (Lipinski definition) is 2. The lowest BCUT2D eigenvalue weighted by Gasteiger charge is -2.27. The predicted molar refractivity (Wildman–Crippen MR) is 78.0 cm³/mol. The highest BCUT2D eigenvalue weighted by Gasteiger charge is 2.41. The smallest absolute Gasteiger partial charge is 0.0331 e. The molecule has 1 aliphatic heterocycles. The molecule has 19 heavy (non-hydrogen) atoms. The van der Waals surface area contributed by atoms with Gasteiger partial charge in [-0.15, -0.1) is 0 Å². The van der Waals surface area contributed by atoms with E-state index in [1.165, 1.54) is 11.1 Å². The summed E-state index contributed by atoms with van der Waals surface area (Å²) in [6, 6.07) is 15.4. The third-order valence-corrected chi connectivity index (χ3v) is 4.18. The zero-order valence-electron chi connectivity index (χ0n) is 11.5. The van der Waals surface area contributed by atoms with Crippen LogP contribution in [0.5, 0.6) is 0 Å². The lowest BCUT2D eigenvalue weighted by atomic mass is 9.83. The van der Waals surface area contributed by atoms with Crippen LogP contribution in [-0.4, -0.2) is 10.5 Å². The highest BCUT2D eigenvalue weighted by Crippen LogP contribution is 2.43. The maximum absolute atomic E-state index is 4.26. The molecule has 3 rings (SSSR count). The van der Waals surface area contributed by atoms with Crippen molar-refractivity contribution in [1.82, 2.24) is 10.3 Å². The Morgan fingerprint density at radius 1 is 1.05 bits per heavy atom. The zero-order valence-corrected chi connectivity index (χ0v) is 11.5. The summed E-state index contributed by atoms with van der Waals surface area (Å²) in [5.41, 5.74) is 2.81. The van der Waals surface area contributed by atoms with E-state index < -0.39 is 0 Å². The van der Waals surface area contributed by atoms with Gasteiger partial charge in [-0.3, -0.25) is 4.98 Å². The van der Waals surface area contributed by atoms with Crippen molar-refractivity contribution in [3.8, 4) is 0 Å². The van der Waals surface area contributed by atoms with E-state index >= 15 is 0 Å². The molecular formula is C17H20N2. The van der Waals surface area contributed by atoms with Gasteiger partial charge in [0.1, 0.15) is 0 Å². The Hall–Kier alpha value is -1.67. The van der Waals surface area contributed by atoms with E-state index in [0.29, 0.717) is 12.0 Å². The number of aromatic nitrogens is 1. The van der Waals surface area contributed by atoms with Crippen LogP contribution < -0.4 is 5.32 Å². The van der Waals surface area contributed by atoms with E-state index in [2.05, 4.69) is 60.5 Å². The van der Waals surface area contributed by atoms with Gasteiger partial charge in [-0.25, -0.2) is 0 Å². The van der Waals surface area contributed by atoms with Gasteiger partial charge < -0.3 is 5.32 Å². The molecule has 0 bridgehead atoms. The van der Waals surface area contributed by atoms with Gasteiger partial charge in [0.2, 0.25) is 0 Å². The number of benzene rings is 1. The lowest BCUT2D eigenvalue weighted by Crippen LogP contribution is -2.37. The quantitative estimate of drug-likeness (QED) is 0.882. The molecule has 1 aliphatic rings. The van der Waals surface area contributed by atoms with Crippen molar-refractivity contribution in [2.24, 2.45) is 0 Å². The van der Waals surface area contributed by atoms with Gasteiger partial charge in [-0.2, -0.15) is 0 Å². The van der Waals surface area contributed by atoms with Crippen LogP contribution in [0.25, 0.3) is 0 Å². The van der Waals surface area contributed by atoms with E-state index in [4.69, 9.17) is 0 Å². The van der Waals surface area contributed by atoms with Crippen LogP contribution in [0.1, 0.15) is 43.4 Å². The van der Waals surface area contributed by atoms with Crippen LogP contribution in [0.2, 0.25) is 0 Å². The molecule has 0 saturated carbocycles. The Morgan fingerprint density at radius 3 is 2.47 bits per heavy atom. The third-order valence-electron chi connectivity index (χ3n) is 4.18. The van der Waals surface area contributed by atoms with Crippen molar-refractivity contribution in [3.05, 3.63) is 66.0 Å². The third kappa shape index (κ3) is 2.41. The van der Waals surface area contributed by atoms with Crippen LogP contribution in [-0.2, 0) is 0 Å². The predicted octanol–water partition coefficient (Wildman–Crippen LogP) is 3.68. The standard InChI is InChI=1S/C17H20N2/c1-17(2)15(14-9-6-10-18-12-14)11-16(19-17)13-7-4-3-5-8-13/h3-10,12,15-16,19H,11H2,1-2H3/t15-,16-/m1/s1. The minimum Gasteiger partial charge on any atom is -0.304 e. The first-order chi connectivity index (χ1) is 9.17. The van der Waals surface area contributed by atoms with Gasteiger partial charge >= 0.3 is 0 Å². The summed E-state index contributed by atoms with van der Waals surface area (Å²) >= 11 is 0. The number of nitrogens with one attached hydrogen (secondary N) is 1. The largest absolute Gasteiger partial charge is 0.304 e. The normalized spacial score (nSPS) is 25.4. The summed E-state index contributed by atoms with van der Waals surface area (Å²) in [7, 11) is 0. The van der Waals surface area contributed by atoms with Gasteiger partial charge in [0.25, 0.3) is 0 Å². The zero-order chi connectivity index (χ0) is 13.3. The molecule has 1 aromatic carbocycles. The van der Waals surface area contributed by atoms with Crippen molar-refractivity contribution in [2.45, 2.75) is 37.8 Å². The van der Waals surface area contributed by atoms with Crippen molar-refractivity contribution < 1.29 is 0 Å². The SMILES string of the molecule is CC1(C)N[C@@H](c2ccccc2)C[C@@H]1c1cccnc1. The molecule has 1 saturated heterocycles. The van der Waals surface area contributed by atoms with Gasteiger partial charge in [0, 0.05) is 29.9 Å². The first-order valence-corrected chi connectivity index (χ1v) is 6.89. The molecule has 0 aliphatic carbocycles. The summed E-state index contributed by atoms with van der Waals surface area (Å²) in [4.78, 5) is 4.26. The molecule has 2 nitrogen and oxygen atoms in total. The Kier molecular flexibility index (Phi) is 3.11. The average Bonchev–Trinajstić information content (AvgIpc) is 2.77. The molecule has 2 heterocycles. The fourth-order valence-corrected chi connectivity index (χ4v) is 3.18. The Balaban J connectivity index is 1.88. The molecule has 0 radical (unpaired) electrons. The van der Waals surface area contributed by atoms with Crippen molar-refractivity contribution in [1.29, 1.82) is 0 Å². The summed E-state index contributed by atoms with van der Waals surface area (Å²) in [5.74, 6) is 0.506. The number of pyridine rings is 1. The first kappa shape index (κ1) is 12.4. The maximum atomic E-state index is 4.26. The van der Waals surface area contributed by atoms with Crippen LogP contribution in [0.3, 0.4) is 0 Å². The van der Waals surface area contributed by atoms with Crippen LogP contribution >= 0.6 is 0 Å². The number of nitrogens with zero attached hydrogens (tertiary/aromatic N) is 1. The lowest BCUT2D eigenvalue weighted by molar-refractivity contribution is 0.397. The van der Waals surface area contributed by atoms with Gasteiger partial charge in [-0.1, -0.05) is 36.4 Å². The highest BCUT2D eigenvalue weighted by molar-refractivity contribution is 5.28. The van der Waals surface area contributed by atoms with Gasteiger partial charge in [0.05, 0.1) is 0 Å². The second-order valence-electron chi connectivity index (χ2n) is 5.90. The fourth-order valence-electron chi connectivity index (χ4n) is 3.18. The number of rotatable bonds is 2. The van der Waals surface area contributed by atoms with Crippen molar-refractivity contribution in [3.63, 3.8) is 0 Å². The van der Waals surface area contributed by atoms with E-state index in [-0.39, 0.29) is 5.54 Å². The molecule has 0 spiro atoms. The van der Waals surface area contributed by atoms with Crippen LogP contribution in [0, 0.1) is 0 Å². The highest BCUT2D eigenvalue weighted by atomic mass is 15.0. The van der Waals surface area contributed by atoms with Crippen LogP contribution in [0.15, 0.2) is 54.9 Å². The Bertz CT molecular complexity index is 534. The molecule has 2 aromatic rings. The van der Waals surface area contributed by atoms with Crippen molar-refractivity contribution >= 4 is 0 Å². The Labute approximate surface area is 114 Å². The maximum Gasteiger partial charge on any atom is 0.0331 e.